The van der Waals surface area contributed by atoms with Gasteiger partial charge in [-0.3, -0.25) is 0 Å². The van der Waals surface area contributed by atoms with E-state index in [4.69, 9.17) is 5.73 Å². The average molecular weight is 270 g/mol. The standard InChI is InChI=1S/C18H26N2/c19-18(9-1-2-10-18)16-5-3-14(4-6-16)17-13-20-11-7-15(17)8-12-20/h3-6,15,17H,1-2,7-13,19H2. The van der Waals surface area contributed by atoms with E-state index in [1.807, 2.05) is 0 Å². The van der Waals surface area contributed by atoms with Crippen LogP contribution in [-0.4, -0.2) is 24.5 Å². The van der Waals surface area contributed by atoms with E-state index in [1.54, 1.807) is 5.56 Å². The molecule has 5 rings (SSSR count). The van der Waals surface area contributed by atoms with Gasteiger partial charge in [0.15, 0.2) is 0 Å². The van der Waals surface area contributed by atoms with Gasteiger partial charge in [0.2, 0.25) is 0 Å². The zero-order valence-corrected chi connectivity index (χ0v) is 12.4. The van der Waals surface area contributed by atoms with E-state index in [2.05, 4.69) is 29.2 Å². The molecule has 3 aliphatic heterocycles. The van der Waals surface area contributed by atoms with Crippen molar-refractivity contribution in [2.75, 3.05) is 19.6 Å². The van der Waals surface area contributed by atoms with Gasteiger partial charge in [0, 0.05) is 12.1 Å². The molecule has 0 aromatic heterocycles. The van der Waals surface area contributed by atoms with Crippen molar-refractivity contribution in [2.45, 2.75) is 50.0 Å². The van der Waals surface area contributed by atoms with Crippen LogP contribution in [0.5, 0.6) is 0 Å². The molecular formula is C18H26N2. The molecule has 2 bridgehead atoms. The van der Waals surface area contributed by atoms with E-state index in [0.717, 1.165) is 24.7 Å². The first-order valence-electron chi connectivity index (χ1n) is 8.36. The Morgan fingerprint density at radius 3 is 2.20 bits per heavy atom. The summed E-state index contributed by atoms with van der Waals surface area (Å²) < 4.78 is 0. The number of piperidine rings is 3. The highest BCUT2D eigenvalue weighted by Gasteiger charge is 2.35. The van der Waals surface area contributed by atoms with Crippen LogP contribution in [0.4, 0.5) is 0 Å². The molecule has 1 aliphatic carbocycles. The number of benzene rings is 1. The number of nitrogens with two attached hydrogens (primary N) is 1. The van der Waals surface area contributed by atoms with Gasteiger partial charge in [-0.15, -0.1) is 0 Å². The maximum absolute atomic E-state index is 6.56. The Kier molecular flexibility index (Phi) is 3.12. The summed E-state index contributed by atoms with van der Waals surface area (Å²) in [7, 11) is 0. The van der Waals surface area contributed by atoms with Crippen molar-refractivity contribution < 1.29 is 0 Å². The molecule has 1 aromatic rings. The van der Waals surface area contributed by atoms with Crippen molar-refractivity contribution in [3.63, 3.8) is 0 Å². The van der Waals surface area contributed by atoms with Crippen LogP contribution in [0, 0.1) is 5.92 Å². The number of hydrogen-bond donors (Lipinski definition) is 1. The molecule has 3 saturated heterocycles. The van der Waals surface area contributed by atoms with E-state index >= 15 is 0 Å². The Bertz CT molecular complexity index is 465. The van der Waals surface area contributed by atoms with Gasteiger partial charge in [-0.05, 0) is 61.7 Å². The molecule has 20 heavy (non-hydrogen) atoms. The summed E-state index contributed by atoms with van der Waals surface area (Å²) in [5.74, 6) is 1.69. The molecule has 4 fully saturated rings. The van der Waals surface area contributed by atoms with Crippen molar-refractivity contribution in [2.24, 2.45) is 11.7 Å². The third-order valence-corrected chi connectivity index (χ3v) is 6.07. The van der Waals surface area contributed by atoms with Crippen LogP contribution in [0.1, 0.15) is 55.6 Å². The largest absolute Gasteiger partial charge is 0.321 e. The molecule has 108 valence electrons. The molecule has 2 nitrogen and oxygen atoms in total. The molecular weight excluding hydrogens is 244 g/mol. The first kappa shape index (κ1) is 12.8. The molecule has 1 unspecified atom stereocenters. The first-order valence-corrected chi connectivity index (χ1v) is 8.36. The summed E-state index contributed by atoms with van der Waals surface area (Å²) in [5.41, 5.74) is 9.43. The second-order valence-electron chi connectivity index (χ2n) is 7.23. The van der Waals surface area contributed by atoms with Crippen LogP contribution in [0.3, 0.4) is 0 Å². The zero-order valence-electron chi connectivity index (χ0n) is 12.4. The quantitative estimate of drug-likeness (QED) is 0.894. The van der Waals surface area contributed by atoms with Crippen molar-refractivity contribution >= 4 is 0 Å². The Balaban J connectivity index is 1.55. The highest BCUT2D eigenvalue weighted by atomic mass is 15.1. The van der Waals surface area contributed by atoms with Gasteiger partial charge in [-0.1, -0.05) is 37.1 Å². The van der Waals surface area contributed by atoms with E-state index in [1.165, 1.54) is 50.9 Å². The van der Waals surface area contributed by atoms with Gasteiger partial charge in [-0.25, -0.2) is 0 Å². The fraction of sp³-hybridized carbons (Fsp3) is 0.667. The molecule has 1 aromatic carbocycles. The lowest BCUT2D eigenvalue weighted by molar-refractivity contribution is 0.0871. The van der Waals surface area contributed by atoms with Crippen LogP contribution in [0.2, 0.25) is 0 Å². The minimum atomic E-state index is -0.0341. The summed E-state index contributed by atoms with van der Waals surface area (Å²) in [5, 5.41) is 0. The maximum Gasteiger partial charge on any atom is 0.0409 e. The molecule has 4 aliphatic rings. The normalized spacial score (nSPS) is 35.4. The number of rotatable bonds is 2. The highest BCUT2D eigenvalue weighted by molar-refractivity contribution is 5.32. The topological polar surface area (TPSA) is 29.3 Å². The van der Waals surface area contributed by atoms with Crippen LogP contribution < -0.4 is 5.73 Å². The molecule has 1 atom stereocenters. The van der Waals surface area contributed by atoms with Gasteiger partial charge in [0.25, 0.3) is 0 Å². The monoisotopic (exact) mass is 270 g/mol. The highest BCUT2D eigenvalue weighted by Crippen LogP contribution is 2.40. The fourth-order valence-electron chi connectivity index (χ4n) is 4.70. The maximum atomic E-state index is 6.56. The van der Waals surface area contributed by atoms with Crippen LogP contribution in [0.25, 0.3) is 0 Å². The lowest BCUT2D eigenvalue weighted by Gasteiger charge is -2.45. The Hall–Kier alpha value is -0.860. The van der Waals surface area contributed by atoms with E-state index in [0.29, 0.717) is 0 Å². The SMILES string of the molecule is NC1(c2ccc(C3CN4CCC3CC4)cc2)CCCC1. The minimum absolute atomic E-state index is 0.0341. The summed E-state index contributed by atoms with van der Waals surface area (Å²) in [6, 6.07) is 9.38. The van der Waals surface area contributed by atoms with Crippen molar-refractivity contribution in [3.8, 4) is 0 Å². The van der Waals surface area contributed by atoms with Crippen LogP contribution in [0.15, 0.2) is 24.3 Å². The zero-order chi connectivity index (χ0) is 13.6. The average Bonchev–Trinajstić information content (AvgIpc) is 2.97. The third-order valence-electron chi connectivity index (χ3n) is 6.07. The van der Waals surface area contributed by atoms with Gasteiger partial charge >= 0.3 is 0 Å². The fourth-order valence-corrected chi connectivity index (χ4v) is 4.70. The van der Waals surface area contributed by atoms with Gasteiger partial charge in [0.1, 0.15) is 0 Å². The van der Waals surface area contributed by atoms with E-state index in [-0.39, 0.29) is 5.54 Å². The molecule has 3 heterocycles. The Morgan fingerprint density at radius 1 is 1.00 bits per heavy atom. The summed E-state index contributed by atoms with van der Waals surface area (Å²) in [6.07, 6.45) is 7.69. The number of nitrogens with zero attached hydrogens (tertiary/aromatic N) is 1. The predicted molar refractivity (Wildman–Crippen MR) is 82.7 cm³/mol. The second kappa shape index (κ2) is 4.85. The number of hydrogen-bond acceptors (Lipinski definition) is 2. The molecule has 1 saturated carbocycles. The van der Waals surface area contributed by atoms with Gasteiger partial charge in [0.05, 0.1) is 0 Å². The molecule has 2 heteroatoms. The second-order valence-corrected chi connectivity index (χ2v) is 7.23. The third kappa shape index (κ3) is 2.10. The van der Waals surface area contributed by atoms with E-state index in [9.17, 15) is 0 Å². The molecule has 0 radical (unpaired) electrons. The first-order chi connectivity index (χ1) is 9.74. The minimum Gasteiger partial charge on any atom is -0.321 e. The molecule has 0 spiro atoms. The lowest BCUT2D eigenvalue weighted by atomic mass is 9.75. The van der Waals surface area contributed by atoms with Crippen LogP contribution >= 0.6 is 0 Å². The summed E-state index contributed by atoms with van der Waals surface area (Å²) in [6.45, 7) is 3.92. The number of fused-ring (bicyclic) bond motifs is 3. The smallest absolute Gasteiger partial charge is 0.0409 e. The van der Waals surface area contributed by atoms with Crippen molar-refractivity contribution in [1.29, 1.82) is 0 Å². The Labute approximate surface area is 122 Å². The van der Waals surface area contributed by atoms with Crippen molar-refractivity contribution in [3.05, 3.63) is 35.4 Å². The summed E-state index contributed by atoms with van der Waals surface area (Å²) in [4.78, 5) is 2.64. The van der Waals surface area contributed by atoms with E-state index < -0.39 is 0 Å². The van der Waals surface area contributed by atoms with Crippen LogP contribution in [-0.2, 0) is 5.54 Å². The Morgan fingerprint density at radius 2 is 1.65 bits per heavy atom. The van der Waals surface area contributed by atoms with Crippen molar-refractivity contribution in [1.82, 2.24) is 4.90 Å². The predicted octanol–water partition coefficient (Wildman–Crippen LogP) is 3.22. The van der Waals surface area contributed by atoms with Gasteiger partial charge in [-0.2, -0.15) is 0 Å². The molecule has 2 N–H and O–H groups in total. The molecule has 0 amide bonds. The van der Waals surface area contributed by atoms with Gasteiger partial charge < -0.3 is 10.6 Å². The summed E-state index contributed by atoms with van der Waals surface area (Å²) >= 11 is 0. The lowest BCUT2D eigenvalue weighted by Crippen LogP contribution is -2.46.